The lowest BCUT2D eigenvalue weighted by molar-refractivity contribution is 0.0951. The smallest absolute Gasteiger partial charge is 0.232 e. The number of carbonyl (C=O) groups excluding carboxylic acids is 1. The third kappa shape index (κ3) is 3.34. The normalized spacial score (nSPS) is 17.8. The highest BCUT2D eigenvalue weighted by Crippen LogP contribution is 2.44. The van der Waals surface area contributed by atoms with Crippen molar-refractivity contribution in [3.05, 3.63) is 74.7 Å². The van der Waals surface area contributed by atoms with Gasteiger partial charge >= 0.3 is 0 Å². The second kappa shape index (κ2) is 7.69. The molecule has 3 aliphatic rings. The molecule has 0 N–H and O–H groups in total. The van der Waals surface area contributed by atoms with E-state index in [1.165, 1.54) is 4.88 Å². The number of thiophene rings is 1. The second-order valence-electron chi connectivity index (χ2n) is 8.08. The van der Waals surface area contributed by atoms with E-state index in [-0.39, 0.29) is 12.6 Å². The van der Waals surface area contributed by atoms with Crippen molar-refractivity contribution in [3.63, 3.8) is 0 Å². The number of ketones is 1. The van der Waals surface area contributed by atoms with Crippen molar-refractivity contribution in [1.82, 2.24) is 4.90 Å². The molecule has 2 aromatic carbocycles. The molecule has 0 bridgehead atoms. The molecule has 6 rings (SSSR count). The second-order valence-corrected chi connectivity index (χ2v) is 9.11. The number of hydrogen-bond acceptors (Lipinski definition) is 7. The number of carbonyl (C=O) groups is 1. The van der Waals surface area contributed by atoms with Crippen LogP contribution in [0.4, 0.5) is 0 Å². The number of Topliss-reactive ketones (excluding diaryl/α,β-unsaturated/α-hetero) is 1. The summed E-state index contributed by atoms with van der Waals surface area (Å²) in [5.74, 6) is 3.01. The van der Waals surface area contributed by atoms with E-state index < -0.39 is 0 Å². The van der Waals surface area contributed by atoms with Gasteiger partial charge in [0.15, 0.2) is 17.3 Å². The van der Waals surface area contributed by atoms with Gasteiger partial charge in [0.1, 0.15) is 18.2 Å². The first kappa shape index (κ1) is 19.4. The summed E-state index contributed by atoms with van der Waals surface area (Å²) < 4.78 is 23.0. The highest BCUT2D eigenvalue weighted by atomic mass is 32.1. The molecule has 1 aromatic heterocycles. The Balaban J connectivity index is 1.28. The fraction of sp³-hybridized carbons (Fsp3) is 0.240. The number of aryl methyl sites for hydroxylation is 1. The van der Waals surface area contributed by atoms with Gasteiger partial charge in [-0.3, -0.25) is 9.69 Å². The first-order chi connectivity index (χ1) is 15.7. The van der Waals surface area contributed by atoms with Gasteiger partial charge in [-0.05, 0) is 60.2 Å². The van der Waals surface area contributed by atoms with E-state index in [1.54, 1.807) is 17.4 Å². The van der Waals surface area contributed by atoms with Crippen molar-refractivity contribution < 1.29 is 23.7 Å². The fourth-order valence-electron chi connectivity index (χ4n) is 4.30. The highest BCUT2D eigenvalue weighted by molar-refractivity contribution is 7.09. The Hall–Kier alpha value is -3.29. The number of nitrogens with zero attached hydrogens (tertiary/aromatic N) is 1. The standard InChI is InChI=1S/C25H21NO5S/c1-15-9-20-18(12-26(13-28-20)7-6-17-3-2-8-32-17)25-23(15)24(27)22(31-25)11-16-4-5-19-21(10-16)30-14-29-19/h2-5,8-11H,6-7,12-14H2,1H3/b22-11-. The van der Waals surface area contributed by atoms with Crippen molar-refractivity contribution >= 4 is 23.2 Å². The molecule has 0 amide bonds. The van der Waals surface area contributed by atoms with Crippen LogP contribution >= 0.6 is 11.3 Å². The fourth-order valence-corrected chi connectivity index (χ4v) is 4.99. The zero-order chi connectivity index (χ0) is 21.7. The summed E-state index contributed by atoms with van der Waals surface area (Å²) in [6, 6.07) is 11.8. The maximum atomic E-state index is 13.2. The van der Waals surface area contributed by atoms with Gasteiger partial charge in [-0.1, -0.05) is 12.1 Å². The first-order valence-electron chi connectivity index (χ1n) is 10.5. The first-order valence-corrected chi connectivity index (χ1v) is 11.4. The average Bonchev–Trinajstić information content (AvgIpc) is 3.54. The summed E-state index contributed by atoms with van der Waals surface area (Å²) in [5.41, 5.74) is 3.25. The van der Waals surface area contributed by atoms with Crippen LogP contribution < -0.4 is 18.9 Å². The van der Waals surface area contributed by atoms with Crippen molar-refractivity contribution in [3.8, 4) is 23.0 Å². The Morgan fingerprint density at radius 1 is 1.09 bits per heavy atom. The van der Waals surface area contributed by atoms with Crippen LogP contribution in [0.25, 0.3) is 6.08 Å². The van der Waals surface area contributed by atoms with E-state index in [1.807, 2.05) is 31.2 Å². The van der Waals surface area contributed by atoms with Crippen LogP contribution in [0.15, 0.2) is 47.5 Å². The van der Waals surface area contributed by atoms with Gasteiger partial charge < -0.3 is 18.9 Å². The summed E-state index contributed by atoms with van der Waals surface area (Å²) in [4.78, 5) is 16.8. The third-order valence-electron chi connectivity index (χ3n) is 5.94. The molecule has 0 aliphatic carbocycles. The minimum atomic E-state index is -0.103. The van der Waals surface area contributed by atoms with Crippen LogP contribution in [0.5, 0.6) is 23.0 Å². The Bertz CT molecular complexity index is 1250. The Morgan fingerprint density at radius 2 is 2.00 bits per heavy atom. The molecule has 0 unspecified atom stereocenters. The quantitative estimate of drug-likeness (QED) is 0.536. The van der Waals surface area contributed by atoms with Gasteiger partial charge in [-0.2, -0.15) is 0 Å². The number of ether oxygens (including phenoxy) is 4. The third-order valence-corrected chi connectivity index (χ3v) is 6.87. The van der Waals surface area contributed by atoms with Gasteiger partial charge in [0.2, 0.25) is 12.6 Å². The van der Waals surface area contributed by atoms with Crippen LogP contribution in [-0.2, 0) is 13.0 Å². The van der Waals surface area contributed by atoms with E-state index in [2.05, 4.69) is 22.4 Å². The van der Waals surface area contributed by atoms with Crippen molar-refractivity contribution in [2.24, 2.45) is 0 Å². The number of benzene rings is 2. The summed E-state index contributed by atoms with van der Waals surface area (Å²) in [7, 11) is 0. The Morgan fingerprint density at radius 3 is 2.88 bits per heavy atom. The molecule has 0 radical (unpaired) electrons. The maximum Gasteiger partial charge on any atom is 0.232 e. The van der Waals surface area contributed by atoms with Gasteiger partial charge in [-0.25, -0.2) is 0 Å². The molecule has 0 spiro atoms. The van der Waals surface area contributed by atoms with Gasteiger partial charge in [0, 0.05) is 18.0 Å². The number of allylic oxidation sites excluding steroid dienone is 1. The molecule has 3 aromatic rings. The SMILES string of the molecule is Cc1cc2c(c3c1C(=O)/C(=C/c1ccc4c(c1)OCO4)O3)CN(CCc1cccs1)CO2. The van der Waals surface area contributed by atoms with Gasteiger partial charge in [0.05, 0.1) is 11.1 Å². The number of rotatable bonds is 4. The lowest BCUT2D eigenvalue weighted by atomic mass is 9.98. The largest absolute Gasteiger partial charge is 0.478 e. The van der Waals surface area contributed by atoms with Crippen molar-refractivity contribution in [2.75, 3.05) is 20.1 Å². The molecule has 6 nitrogen and oxygen atoms in total. The molecule has 4 heterocycles. The minimum absolute atomic E-state index is 0.103. The van der Waals surface area contributed by atoms with Gasteiger partial charge in [-0.15, -0.1) is 11.3 Å². The average molecular weight is 448 g/mol. The molecule has 3 aliphatic heterocycles. The van der Waals surface area contributed by atoms with Gasteiger partial charge in [0.25, 0.3) is 0 Å². The minimum Gasteiger partial charge on any atom is -0.478 e. The summed E-state index contributed by atoms with van der Waals surface area (Å²) in [5, 5.41) is 2.10. The highest BCUT2D eigenvalue weighted by Gasteiger charge is 2.35. The molecular weight excluding hydrogens is 426 g/mol. The Kier molecular flexibility index (Phi) is 4.66. The predicted molar refractivity (Wildman–Crippen MR) is 121 cm³/mol. The van der Waals surface area contributed by atoms with Crippen LogP contribution in [0.2, 0.25) is 0 Å². The van der Waals surface area contributed by atoms with E-state index in [9.17, 15) is 4.79 Å². The zero-order valence-corrected chi connectivity index (χ0v) is 18.4. The lowest BCUT2D eigenvalue weighted by Gasteiger charge is -2.30. The summed E-state index contributed by atoms with van der Waals surface area (Å²) >= 11 is 1.77. The van der Waals surface area contributed by atoms with Crippen LogP contribution in [-0.4, -0.2) is 30.8 Å². The molecular formula is C25H21NO5S. The topological polar surface area (TPSA) is 57.2 Å². The lowest BCUT2D eigenvalue weighted by Crippen LogP contribution is -2.33. The molecule has 7 heteroatoms. The number of hydrogen-bond donors (Lipinski definition) is 0. The zero-order valence-electron chi connectivity index (χ0n) is 17.6. The maximum absolute atomic E-state index is 13.2. The van der Waals surface area contributed by atoms with Crippen molar-refractivity contribution in [2.45, 2.75) is 19.9 Å². The number of fused-ring (bicyclic) bond motifs is 4. The van der Waals surface area contributed by atoms with E-state index in [0.717, 1.165) is 35.4 Å². The molecule has 32 heavy (non-hydrogen) atoms. The summed E-state index contributed by atoms with van der Waals surface area (Å²) in [6.45, 7) is 4.25. The molecule has 0 saturated heterocycles. The molecule has 162 valence electrons. The predicted octanol–water partition coefficient (Wildman–Crippen LogP) is 4.80. The van der Waals surface area contributed by atoms with E-state index >= 15 is 0 Å². The van der Waals surface area contributed by atoms with E-state index in [0.29, 0.717) is 41.8 Å². The molecule has 0 saturated carbocycles. The van der Waals surface area contributed by atoms with Crippen LogP contribution in [0, 0.1) is 6.92 Å². The van der Waals surface area contributed by atoms with E-state index in [4.69, 9.17) is 18.9 Å². The molecule has 0 atom stereocenters. The Labute approximate surface area is 189 Å². The van der Waals surface area contributed by atoms with Crippen molar-refractivity contribution in [1.29, 1.82) is 0 Å². The van der Waals surface area contributed by atoms with Crippen LogP contribution in [0.1, 0.15) is 31.9 Å². The van der Waals surface area contributed by atoms with Crippen LogP contribution in [0.3, 0.4) is 0 Å². The monoisotopic (exact) mass is 447 g/mol. The summed E-state index contributed by atoms with van der Waals surface area (Å²) in [6.07, 6.45) is 2.73. The molecule has 0 fully saturated rings.